The standard InChI is InChI=1S/C14H7F2NOS/c15-11-4-3-9(12(16)7-11)6-10(8-17)14(18)13-2-1-5-19-13/h1-7H/b10-6+. The Hall–Kier alpha value is -2.32. The molecule has 0 fully saturated rings. The van der Waals surface area contributed by atoms with E-state index in [1.54, 1.807) is 23.6 Å². The number of nitrogens with zero attached hydrogens (tertiary/aromatic N) is 1. The molecule has 2 aromatic rings. The summed E-state index contributed by atoms with van der Waals surface area (Å²) in [4.78, 5) is 12.3. The normalized spacial score (nSPS) is 11.1. The molecule has 0 aliphatic heterocycles. The van der Waals surface area contributed by atoms with Crippen LogP contribution in [-0.2, 0) is 0 Å². The SMILES string of the molecule is N#C/C(=C\c1ccc(F)cc1F)C(=O)c1cccs1. The summed E-state index contributed by atoms with van der Waals surface area (Å²) in [6.45, 7) is 0. The Morgan fingerprint density at radius 3 is 2.68 bits per heavy atom. The second-order valence-corrected chi connectivity index (χ2v) is 4.59. The van der Waals surface area contributed by atoms with E-state index in [0.29, 0.717) is 10.9 Å². The average molecular weight is 275 g/mol. The first kappa shape index (κ1) is 13.1. The first-order valence-electron chi connectivity index (χ1n) is 5.27. The van der Waals surface area contributed by atoms with Crippen molar-refractivity contribution in [3.05, 3.63) is 63.4 Å². The van der Waals surface area contributed by atoms with Crippen LogP contribution in [0.4, 0.5) is 8.78 Å². The van der Waals surface area contributed by atoms with Crippen molar-refractivity contribution in [2.24, 2.45) is 0 Å². The van der Waals surface area contributed by atoms with Crippen molar-refractivity contribution >= 4 is 23.2 Å². The molecule has 0 unspecified atom stereocenters. The fourth-order valence-electron chi connectivity index (χ4n) is 1.46. The number of carbonyl (C=O) groups excluding carboxylic acids is 1. The minimum absolute atomic E-state index is 0.00264. The smallest absolute Gasteiger partial charge is 0.213 e. The molecule has 0 atom stereocenters. The zero-order valence-electron chi connectivity index (χ0n) is 9.56. The number of benzene rings is 1. The maximum Gasteiger partial charge on any atom is 0.213 e. The van der Waals surface area contributed by atoms with E-state index in [4.69, 9.17) is 5.26 Å². The third kappa shape index (κ3) is 2.92. The molecular formula is C14H7F2NOS. The number of halogens is 2. The summed E-state index contributed by atoms with van der Waals surface area (Å²) in [5.74, 6) is -1.99. The molecule has 0 radical (unpaired) electrons. The first-order valence-corrected chi connectivity index (χ1v) is 6.15. The van der Waals surface area contributed by atoms with Crippen LogP contribution in [0.3, 0.4) is 0 Å². The van der Waals surface area contributed by atoms with Gasteiger partial charge >= 0.3 is 0 Å². The predicted octanol–water partition coefficient (Wildman–Crippen LogP) is 3.82. The topological polar surface area (TPSA) is 40.9 Å². The van der Waals surface area contributed by atoms with Crippen LogP contribution in [0.1, 0.15) is 15.2 Å². The number of ketones is 1. The van der Waals surface area contributed by atoms with E-state index in [2.05, 4.69) is 0 Å². The van der Waals surface area contributed by atoms with Crippen molar-refractivity contribution in [3.8, 4) is 6.07 Å². The molecule has 2 nitrogen and oxygen atoms in total. The molecule has 5 heteroatoms. The predicted molar refractivity (Wildman–Crippen MR) is 68.6 cm³/mol. The van der Waals surface area contributed by atoms with E-state index in [0.717, 1.165) is 12.1 Å². The number of rotatable bonds is 3. The van der Waals surface area contributed by atoms with Crippen LogP contribution >= 0.6 is 11.3 Å². The molecule has 0 bridgehead atoms. The van der Waals surface area contributed by atoms with Crippen molar-refractivity contribution in [3.63, 3.8) is 0 Å². The van der Waals surface area contributed by atoms with Gasteiger partial charge in [0.1, 0.15) is 23.3 Å². The summed E-state index contributed by atoms with van der Waals surface area (Å²) in [5, 5.41) is 10.7. The summed E-state index contributed by atoms with van der Waals surface area (Å²) in [6.07, 6.45) is 1.12. The molecule has 0 saturated heterocycles. The number of Topliss-reactive ketones (excluding diaryl/α,β-unsaturated/α-hetero) is 1. The van der Waals surface area contributed by atoms with E-state index in [-0.39, 0.29) is 11.1 Å². The molecule has 1 aromatic carbocycles. The Bertz CT molecular complexity index is 684. The Balaban J connectivity index is 2.40. The summed E-state index contributed by atoms with van der Waals surface area (Å²) < 4.78 is 26.2. The van der Waals surface area contributed by atoms with Crippen LogP contribution in [0.15, 0.2) is 41.3 Å². The van der Waals surface area contributed by atoms with Crippen molar-refractivity contribution in [2.45, 2.75) is 0 Å². The summed E-state index contributed by atoms with van der Waals surface area (Å²) in [5.41, 5.74) is -0.184. The number of hydrogen-bond acceptors (Lipinski definition) is 3. The van der Waals surface area contributed by atoms with E-state index in [1.807, 2.05) is 0 Å². The zero-order chi connectivity index (χ0) is 13.8. The molecule has 0 N–H and O–H groups in total. The van der Waals surface area contributed by atoms with Crippen LogP contribution in [0, 0.1) is 23.0 Å². The number of thiophene rings is 1. The van der Waals surface area contributed by atoms with Crippen molar-refractivity contribution in [2.75, 3.05) is 0 Å². The molecule has 1 heterocycles. The zero-order valence-corrected chi connectivity index (χ0v) is 10.4. The second-order valence-electron chi connectivity index (χ2n) is 3.64. The highest BCUT2D eigenvalue weighted by Crippen LogP contribution is 2.18. The van der Waals surface area contributed by atoms with Gasteiger partial charge in [0.05, 0.1) is 4.88 Å². The van der Waals surface area contributed by atoms with Gasteiger partial charge < -0.3 is 0 Å². The second kappa shape index (κ2) is 5.55. The quantitative estimate of drug-likeness (QED) is 0.485. The van der Waals surface area contributed by atoms with Crippen LogP contribution in [0.5, 0.6) is 0 Å². The summed E-state index contributed by atoms with van der Waals surface area (Å²) >= 11 is 1.20. The summed E-state index contributed by atoms with van der Waals surface area (Å²) in [7, 11) is 0. The molecule has 94 valence electrons. The Labute approximate surface area is 112 Å². The average Bonchev–Trinajstić information content (AvgIpc) is 2.91. The van der Waals surface area contributed by atoms with Crippen molar-refractivity contribution in [1.29, 1.82) is 5.26 Å². The number of allylic oxidation sites excluding steroid dienone is 1. The van der Waals surface area contributed by atoms with Crippen LogP contribution in [-0.4, -0.2) is 5.78 Å². The maximum atomic E-state index is 13.5. The third-order valence-corrected chi connectivity index (χ3v) is 3.24. The van der Waals surface area contributed by atoms with Gasteiger partial charge in [0.25, 0.3) is 0 Å². The van der Waals surface area contributed by atoms with Crippen LogP contribution in [0.2, 0.25) is 0 Å². The minimum Gasteiger partial charge on any atom is -0.287 e. The summed E-state index contributed by atoms with van der Waals surface area (Å²) in [6, 6.07) is 7.96. The van der Waals surface area contributed by atoms with Gasteiger partial charge in [0, 0.05) is 11.6 Å². The molecule has 0 aliphatic carbocycles. The Morgan fingerprint density at radius 2 is 2.11 bits per heavy atom. The molecule has 0 aliphatic rings. The van der Waals surface area contributed by atoms with Gasteiger partial charge in [-0.15, -0.1) is 11.3 Å². The molecule has 1 aromatic heterocycles. The molecule has 19 heavy (non-hydrogen) atoms. The van der Waals surface area contributed by atoms with Crippen LogP contribution < -0.4 is 0 Å². The molecular weight excluding hydrogens is 268 g/mol. The van der Waals surface area contributed by atoms with Gasteiger partial charge in [0.15, 0.2) is 0 Å². The first-order chi connectivity index (χ1) is 9.11. The lowest BCUT2D eigenvalue weighted by atomic mass is 10.1. The fourth-order valence-corrected chi connectivity index (χ4v) is 2.14. The monoisotopic (exact) mass is 275 g/mol. The van der Waals surface area contributed by atoms with E-state index in [9.17, 15) is 13.6 Å². The highest BCUT2D eigenvalue weighted by Gasteiger charge is 2.14. The Morgan fingerprint density at radius 1 is 1.32 bits per heavy atom. The lowest BCUT2D eigenvalue weighted by molar-refractivity contribution is 0.104. The van der Waals surface area contributed by atoms with Crippen molar-refractivity contribution in [1.82, 2.24) is 0 Å². The maximum absolute atomic E-state index is 13.5. The van der Waals surface area contributed by atoms with Gasteiger partial charge in [-0.1, -0.05) is 6.07 Å². The molecule has 0 saturated carbocycles. The molecule has 0 spiro atoms. The fraction of sp³-hybridized carbons (Fsp3) is 0. The van der Waals surface area contributed by atoms with E-state index < -0.39 is 17.4 Å². The largest absolute Gasteiger partial charge is 0.287 e. The third-order valence-electron chi connectivity index (χ3n) is 2.37. The highest BCUT2D eigenvalue weighted by atomic mass is 32.1. The number of nitriles is 1. The molecule has 2 rings (SSSR count). The van der Waals surface area contributed by atoms with E-state index in [1.165, 1.54) is 17.4 Å². The lowest BCUT2D eigenvalue weighted by Gasteiger charge is -1.99. The van der Waals surface area contributed by atoms with Gasteiger partial charge in [0.2, 0.25) is 5.78 Å². The molecule has 0 amide bonds. The minimum atomic E-state index is -0.813. The van der Waals surface area contributed by atoms with Crippen LogP contribution in [0.25, 0.3) is 6.08 Å². The highest BCUT2D eigenvalue weighted by molar-refractivity contribution is 7.12. The van der Waals surface area contributed by atoms with Gasteiger partial charge in [-0.3, -0.25) is 4.79 Å². The van der Waals surface area contributed by atoms with Crippen molar-refractivity contribution < 1.29 is 13.6 Å². The number of carbonyl (C=O) groups is 1. The van der Waals surface area contributed by atoms with Gasteiger partial charge in [-0.05, 0) is 29.7 Å². The van der Waals surface area contributed by atoms with Gasteiger partial charge in [-0.2, -0.15) is 5.26 Å². The van der Waals surface area contributed by atoms with Gasteiger partial charge in [-0.25, -0.2) is 8.78 Å². The number of hydrogen-bond donors (Lipinski definition) is 0. The Kier molecular flexibility index (Phi) is 3.83. The van der Waals surface area contributed by atoms with E-state index >= 15 is 0 Å². The lowest BCUT2D eigenvalue weighted by Crippen LogP contribution is -1.99.